The highest BCUT2D eigenvalue weighted by Gasteiger charge is 2.32. The van der Waals surface area contributed by atoms with E-state index < -0.39 is 0 Å². The molecule has 1 aromatic carbocycles. The fraction of sp³-hybridized carbons (Fsp3) is 0.500. The summed E-state index contributed by atoms with van der Waals surface area (Å²) in [5, 5.41) is 4.04. The van der Waals surface area contributed by atoms with E-state index in [0.717, 1.165) is 12.1 Å². The highest BCUT2D eigenvalue weighted by atomic mass is 35.5. The average molecular weight is 228 g/mol. The molecule has 0 aliphatic heterocycles. The minimum Gasteiger partial charge on any atom is -0.310 e. The van der Waals surface area contributed by atoms with Crippen molar-refractivity contribution >= 4 is 11.6 Å². The van der Waals surface area contributed by atoms with Gasteiger partial charge >= 0.3 is 0 Å². The molecular formula is C12H15ClFN. The smallest absolute Gasteiger partial charge is 0.123 e. The van der Waals surface area contributed by atoms with Gasteiger partial charge in [-0.25, -0.2) is 4.39 Å². The van der Waals surface area contributed by atoms with Crippen molar-refractivity contribution in [2.75, 3.05) is 6.54 Å². The Kier molecular flexibility index (Phi) is 3.27. The SMILES string of the molecule is CCNC(c1cc(F)ccc1Cl)C1CC1. The van der Waals surface area contributed by atoms with Crippen LogP contribution in [0.4, 0.5) is 4.39 Å². The molecule has 1 nitrogen and oxygen atoms in total. The number of hydrogen-bond donors (Lipinski definition) is 1. The number of nitrogens with one attached hydrogen (secondary N) is 1. The lowest BCUT2D eigenvalue weighted by Gasteiger charge is -2.19. The lowest BCUT2D eigenvalue weighted by atomic mass is 10.0. The van der Waals surface area contributed by atoms with Crippen LogP contribution in [-0.4, -0.2) is 6.54 Å². The predicted molar refractivity (Wildman–Crippen MR) is 60.6 cm³/mol. The first-order valence-electron chi connectivity index (χ1n) is 5.40. The molecule has 1 aliphatic rings. The summed E-state index contributed by atoms with van der Waals surface area (Å²) >= 11 is 6.09. The fourth-order valence-electron chi connectivity index (χ4n) is 1.93. The van der Waals surface area contributed by atoms with Crippen molar-refractivity contribution < 1.29 is 4.39 Å². The van der Waals surface area contributed by atoms with Gasteiger partial charge in [-0.2, -0.15) is 0 Å². The Morgan fingerprint density at radius 2 is 2.27 bits per heavy atom. The highest BCUT2D eigenvalue weighted by Crippen LogP contribution is 2.42. The van der Waals surface area contributed by atoms with Gasteiger partial charge in [0.1, 0.15) is 5.82 Å². The summed E-state index contributed by atoms with van der Waals surface area (Å²) in [5.41, 5.74) is 0.904. The van der Waals surface area contributed by atoms with E-state index in [4.69, 9.17) is 11.6 Å². The van der Waals surface area contributed by atoms with Crippen LogP contribution in [0.2, 0.25) is 5.02 Å². The topological polar surface area (TPSA) is 12.0 Å². The standard InChI is InChI=1S/C12H15ClFN/c1-2-15-12(8-3-4-8)10-7-9(14)5-6-11(10)13/h5-8,12,15H,2-4H2,1H3. The molecule has 1 atom stereocenters. The molecule has 3 heteroatoms. The number of halogens is 2. The van der Waals surface area contributed by atoms with Crippen molar-refractivity contribution in [2.45, 2.75) is 25.8 Å². The van der Waals surface area contributed by atoms with E-state index >= 15 is 0 Å². The van der Waals surface area contributed by atoms with E-state index in [0.29, 0.717) is 10.9 Å². The fourth-order valence-corrected chi connectivity index (χ4v) is 2.17. The van der Waals surface area contributed by atoms with Gasteiger partial charge in [0, 0.05) is 11.1 Å². The first kappa shape index (κ1) is 10.9. The molecule has 1 saturated carbocycles. The van der Waals surface area contributed by atoms with E-state index in [9.17, 15) is 4.39 Å². The molecule has 0 radical (unpaired) electrons. The van der Waals surface area contributed by atoms with Crippen LogP contribution >= 0.6 is 11.6 Å². The van der Waals surface area contributed by atoms with Crippen LogP contribution < -0.4 is 5.32 Å². The zero-order valence-corrected chi connectivity index (χ0v) is 9.52. The van der Waals surface area contributed by atoms with Gasteiger partial charge in [0.05, 0.1) is 0 Å². The Morgan fingerprint density at radius 3 is 2.87 bits per heavy atom. The van der Waals surface area contributed by atoms with Crippen molar-refractivity contribution in [1.29, 1.82) is 0 Å². The summed E-state index contributed by atoms with van der Waals surface area (Å²) in [6.45, 7) is 2.94. The summed E-state index contributed by atoms with van der Waals surface area (Å²) in [6, 6.07) is 4.81. The van der Waals surface area contributed by atoms with Crippen molar-refractivity contribution in [3.05, 3.63) is 34.6 Å². The summed E-state index contributed by atoms with van der Waals surface area (Å²) in [6.07, 6.45) is 2.43. The lowest BCUT2D eigenvalue weighted by Crippen LogP contribution is -2.23. The van der Waals surface area contributed by atoms with Crippen molar-refractivity contribution in [2.24, 2.45) is 5.92 Å². The molecule has 1 aromatic rings. The molecule has 2 rings (SSSR count). The van der Waals surface area contributed by atoms with Crippen LogP contribution in [0.5, 0.6) is 0 Å². The molecule has 0 saturated heterocycles. The van der Waals surface area contributed by atoms with Gasteiger partial charge in [-0.3, -0.25) is 0 Å². The Morgan fingerprint density at radius 1 is 1.53 bits per heavy atom. The second-order valence-corrected chi connectivity index (χ2v) is 4.45. The normalized spacial score (nSPS) is 17.8. The summed E-state index contributed by atoms with van der Waals surface area (Å²) in [7, 11) is 0. The van der Waals surface area contributed by atoms with Gasteiger partial charge in [0.2, 0.25) is 0 Å². The minimum absolute atomic E-state index is 0.210. The van der Waals surface area contributed by atoms with Crippen LogP contribution in [0.3, 0.4) is 0 Å². The third-order valence-electron chi connectivity index (χ3n) is 2.81. The van der Waals surface area contributed by atoms with Crippen molar-refractivity contribution in [3.63, 3.8) is 0 Å². The molecule has 1 unspecified atom stereocenters. The van der Waals surface area contributed by atoms with Gasteiger partial charge in [-0.15, -0.1) is 0 Å². The second kappa shape index (κ2) is 4.50. The predicted octanol–water partition coefficient (Wildman–Crippen LogP) is 3.54. The molecule has 15 heavy (non-hydrogen) atoms. The molecule has 0 aromatic heterocycles. The number of benzene rings is 1. The van der Waals surface area contributed by atoms with E-state index in [1.165, 1.54) is 18.9 Å². The maximum absolute atomic E-state index is 13.1. The minimum atomic E-state index is -0.210. The number of rotatable bonds is 4. The van der Waals surface area contributed by atoms with Crippen molar-refractivity contribution in [1.82, 2.24) is 5.32 Å². The molecule has 0 amide bonds. The first-order valence-corrected chi connectivity index (χ1v) is 5.78. The van der Waals surface area contributed by atoms with Gasteiger partial charge in [-0.05, 0) is 49.1 Å². The maximum atomic E-state index is 13.1. The Hall–Kier alpha value is -0.600. The molecular weight excluding hydrogens is 213 g/mol. The van der Waals surface area contributed by atoms with Gasteiger partial charge in [-0.1, -0.05) is 18.5 Å². The zero-order valence-electron chi connectivity index (χ0n) is 8.76. The lowest BCUT2D eigenvalue weighted by molar-refractivity contribution is 0.492. The van der Waals surface area contributed by atoms with Crippen LogP contribution in [0.1, 0.15) is 31.4 Å². The molecule has 0 bridgehead atoms. The second-order valence-electron chi connectivity index (χ2n) is 4.04. The molecule has 82 valence electrons. The number of hydrogen-bond acceptors (Lipinski definition) is 1. The summed E-state index contributed by atoms with van der Waals surface area (Å²) in [5.74, 6) is 0.419. The first-order chi connectivity index (χ1) is 7.22. The third kappa shape index (κ3) is 2.50. The summed E-state index contributed by atoms with van der Waals surface area (Å²) < 4.78 is 13.1. The average Bonchev–Trinajstić information content (AvgIpc) is 3.02. The van der Waals surface area contributed by atoms with Crippen LogP contribution in [0.25, 0.3) is 0 Å². The zero-order chi connectivity index (χ0) is 10.8. The van der Waals surface area contributed by atoms with Crippen LogP contribution in [0, 0.1) is 11.7 Å². The van der Waals surface area contributed by atoms with E-state index in [1.807, 2.05) is 0 Å². The van der Waals surface area contributed by atoms with Crippen molar-refractivity contribution in [3.8, 4) is 0 Å². The molecule has 1 aliphatic carbocycles. The third-order valence-corrected chi connectivity index (χ3v) is 3.15. The van der Waals surface area contributed by atoms with Crippen LogP contribution in [0.15, 0.2) is 18.2 Å². The molecule has 0 heterocycles. The maximum Gasteiger partial charge on any atom is 0.123 e. The summed E-state index contributed by atoms with van der Waals surface area (Å²) in [4.78, 5) is 0. The highest BCUT2D eigenvalue weighted by molar-refractivity contribution is 6.31. The molecule has 1 fully saturated rings. The Bertz CT molecular complexity index is 349. The quantitative estimate of drug-likeness (QED) is 0.830. The largest absolute Gasteiger partial charge is 0.310 e. The van der Waals surface area contributed by atoms with Gasteiger partial charge < -0.3 is 5.32 Å². The molecule has 0 spiro atoms. The van der Waals surface area contributed by atoms with Gasteiger partial charge in [0.25, 0.3) is 0 Å². The van der Waals surface area contributed by atoms with Gasteiger partial charge in [0.15, 0.2) is 0 Å². The molecule has 1 N–H and O–H groups in total. The van der Waals surface area contributed by atoms with E-state index in [2.05, 4.69) is 12.2 Å². The monoisotopic (exact) mass is 227 g/mol. The van der Waals surface area contributed by atoms with E-state index in [-0.39, 0.29) is 11.9 Å². The Balaban J connectivity index is 2.27. The Labute approximate surface area is 94.6 Å². The van der Waals surface area contributed by atoms with E-state index in [1.54, 1.807) is 12.1 Å². The van der Waals surface area contributed by atoms with Crippen LogP contribution in [-0.2, 0) is 0 Å².